The molecule has 1 aromatic carbocycles. The molecule has 5 heteroatoms. The lowest BCUT2D eigenvalue weighted by molar-refractivity contribution is 0.304. The van der Waals surface area contributed by atoms with E-state index in [4.69, 9.17) is 19.4 Å². The molecule has 0 aliphatic rings. The van der Waals surface area contributed by atoms with Crippen LogP contribution in [-0.2, 0) is 0 Å². The van der Waals surface area contributed by atoms with Crippen LogP contribution < -0.4 is 14.2 Å². The molecule has 0 unspecified atom stereocenters. The molecule has 0 amide bonds. The molecule has 0 radical (unpaired) electrons. The predicted octanol–water partition coefficient (Wildman–Crippen LogP) is 2.69. The van der Waals surface area contributed by atoms with Crippen molar-refractivity contribution in [2.45, 2.75) is 20.8 Å². The van der Waals surface area contributed by atoms with E-state index < -0.39 is 0 Å². The Kier molecular flexibility index (Phi) is 5.84. The largest absolute Gasteiger partial charge is 0.494 e. The van der Waals surface area contributed by atoms with Crippen LogP contribution in [0.2, 0.25) is 0 Å². The third-order valence-electron chi connectivity index (χ3n) is 2.18. The number of rotatable bonds is 7. The van der Waals surface area contributed by atoms with Crippen LogP contribution in [0.5, 0.6) is 17.2 Å². The molecule has 0 atom stereocenters. The highest BCUT2D eigenvalue weighted by Gasteiger charge is 2.12. The monoisotopic (exact) mass is 253 g/mol. The molecule has 0 aliphatic carbocycles. The molecular formula is C13H19NO4. The summed E-state index contributed by atoms with van der Waals surface area (Å²) in [6.07, 6.45) is 1.30. The highest BCUT2D eigenvalue weighted by Crippen LogP contribution is 2.33. The van der Waals surface area contributed by atoms with Gasteiger partial charge in [-0.2, -0.15) is 0 Å². The van der Waals surface area contributed by atoms with E-state index in [2.05, 4.69) is 5.16 Å². The molecule has 18 heavy (non-hydrogen) atoms. The lowest BCUT2D eigenvalue weighted by Gasteiger charge is -2.14. The third-order valence-corrected chi connectivity index (χ3v) is 2.18. The minimum absolute atomic E-state index is 0.507. The van der Waals surface area contributed by atoms with Gasteiger partial charge in [0.05, 0.1) is 31.6 Å². The van der Waals surface area contributed by atoms with Gasteiger partial charge in [0.2, 0.25) is 0 Å². The van der Waals surface area contributed by atoms with Crippen molar-refractivity contribution in [2.24, 2.45) is 5.16 Å². The Morgan fingerprint density at radius 1 is 1.00 bits per heavy atom. The maximum absolute atomic E-state index is 8.70. The van der Waals surface area contributed by atoms with Crippen molar-refractivity contribution in [3.8, 4) is 17.2 Å². The van der Waals surface area contributed by atoms with Crippen molar-refractivity contribution >= 4 is 6.21 Å². The summed E-state index contributed by atoms with van der Waals surface area (Å²) in [5.41, 5.74) is 0.602. The smallest absolute Gasteiger partial charge is 0.135 e. The van der Waals surface area contributed by atoms with Crippen LogP contribution >= 0.6 is 0 Å². The fourth-order valence-electron chi connectivity index (χ4n) is 1.56. The van der Waals surface area contributed by atoms with Gasteiger partial charge in [0, 0.05) is 12.1 Å². The number of oxime groups is 1. The van der Waals surface area contributed by atoms with Crippen LogP contribution in [0.15, 0.2) is 17.3 Å². The standard InChI is InChI=1S/C13H19NO4/c1-4-16-10-7-12(17-5-2)11(9-14-15)13(8-10)18-6-3/h7-9,15H,4-6H2,1-3H3/b14-9+. The first-order valence-electron chi connectivity index (χ1n) is 6.00. The molecule has 0 spiro atoms. The van der Waals surface area contributed by atoms with Crippen LogP contribution in [-0.4, -0.2) is 31.2 Å². The number of benzene rings is 1. The number of hydrogen-bond donors (Lipinski definition) is 1. The minimum atomic E-state index is 0.507. The summed E-state index contributed by atoms with van der Waals surface area (Å²) >= 11 is 0. The zero-order chi connectivity index (χ0) is 13.4. The van der Waals surface area contributed by atoms with Crippen LogP contribution in [0.25, 0.3) is 0 Å². The highest BCUT2D eigenvalue weighted by molar-refractivity contribution is 5.87. The van der Waals surface area contributed by atoms with Gasteiger partial charge in [0.1, 0.15) is 17.2 Å². The molecule has 1 N–H and O–H groups in total. The minimum Gasteiger partial charge on any atom is -0.494 e. The fourth-order valence-corrected chi connectivity index (χ4v) is 1.56. The van der Waals surface area contributed by atoms with E-state index in [1.807, 2.05) is 20.8 Å². The Balaban J connectivity index is 3.24. The van der Waals surface area contributed by atoms with Crippen molar-refractivity contribution in [3.63, 3.8) is 0 Å². The Morgan fingerprint density at radius 2 is 1.50 bits per heavy atom. The van der Waals surface area contributed by atoms with E-state index in [1.165, 1.54) is 6.21 Å². The Morgan fingerprint density at radius 3 is 1.89 bits per heavy atom. The first-order chi connectivity index (χ1) is 8.76. The van der Waals surface area contributed by atoms with E-state index >= 15 is 0 Å². The summed E-state index contributed by atoms with van der Waals surface area (Å²) in [6, 6.07) is 3.51. The van der Waals surface area contributed by atoms with Crippen molar-refractivity contribution in [1.82, 2.24) is 0 Å². The van der Waals surface area contributed by atoms with E-state index in [1.54, 1.807) is 12.1 Å². The SMILES string of the molecule is CCOc1cc(OCC)c(/C=N/O)c(OCC)c1. The van der Waals surface area contributed by atoms with Gasteiger partial charge >= 0.3 is 0 Å². The van der Waals surface area contributed by atoms with Crippen LogP contribution in [0.1, 0.15) is 26.3 Å². The van der Waals surface area contributed by atoms with Gasteiger partial charge in [-0.1, -0.05) is 5.16 Å². The van der Waals surface area contributed by atoms with Crippen LogP contribution in [0.3, 0.4) is 0 Å². The van der Waals surface area contributed by atoms with Crippen molar-refractivity contribution in [3.05, 3.63) is 17.7 Å². The molecular weight excluding hydrogens is 234 g/mol. The molecule has 1 rings (SSSR count). The second kappa shape index (κ2) is 7.42. The van der Waals surface area contributed by atoms with Gasteiger partial charge in [0.15, 0.2) is 0 Å². The van der Waals surface area contributed by atoms with E-state index in [-0.39, 0.29) is 0 Å². The fraction of sp³-hybridized carbons (Fsp3) is 0.462. The lowest BCUT2D eigenvalue weighted by Crippen LogP contribution is -2.03. The van der Waals surface area contributed by atoms with E-state index in [9.17, 15) is 0 Å². The van der Waals surface area contributed by atoms with Gasteiger partial charge in [-0.05, 0) is 20.8 Å². The molecule has 0 bridgehead atoms. The second-order valence-corrected chi connectivity index (χ2v) is 3.38. The Bertz CT molecular complexity index is 377. The van der Waals surface area contributed by atoms with Gasteiger partial charge in [-0.3, -0.25) is 0 Å². The topological polar surface area (TPSA) is 60.3 Å². The number of hydrogen-bond acceptors (Lipinski definition) is 5. The first-order valence-corrected chi connectivity index (χ1v) is 6.00. The third kappa shape index (κ3) is 3.55. The molecule has 0 saturated heterocycles. The van der Waals surface area contributed by atoms with Crippen molar-refractivity contribution in [1.29, 1.82) is 0 Å². The average molecular weight is 253 g/mol. The second-order valence-electron chi connectivity index (χ2n) is 3.38. The normalized spacial score (nSPS) is 10.6. The number of ether oxygens (including phenoxy) is 3. The molecule has 0 aliphatic heterocycles. The summed E-state index contributed by atoms with van der Waals surface area (Å²) in [5.74, 6) is 1.81. The molecule has 0 saturated carbocycles. The lowest BCUT2D eigenvalue weighted by atomic mass is 10.1. The molecule has 100 valence electrons. The maximum atomic E-state index is 8.70. The zero-order valence-corrected chi connectivity index (χ0v) is 11.0. The van der Waals surface area contributed by atoms with Crippen LogP contribution in [0, 0.1) is 0 Å². The van der Waals surface area contributed by atoms with Gasteiger partial charge in [-0.15, -0.1) is 0 Å². The molecule has 0 heterocycles. The Hall–Kier alpha value is -1.91. The van der Waals surface area contributed by atoms with E-state index in [0.29, 0.717) is 42.6 Å². The van der Waals surface area contributed by atoms with E-state index in [0.717, 1.165) is 0 Å². The first kappa shape index (κ1) is 14.2. The molecule has 5 nitrogen and oxygen atoms in total. The predicted molar refractivity (Wildman–Crippen MR) is 69.3 cm³/mol. The van der Waals surface area contributed by atoms with Gasteiger partial charge in [0.25, 0.3) is 0 Å². The van der Waals surface area contributed by atoms with Gasteiger partial charge < -0.3 is 19.4 Å². The Labute approximate surface area is 107 Å². The average Bonchev–Trinajstić information content (AvgIpc) is 2.34. The highest BCUT2D eigenvalue weighted by atomic mass is 16.5. The van der Waals surface area contributed by atoms with Gasteiger partial charge in [-0.25, -0.2) is 0 Å². The quantitative estimate of drug-likeness (QED) is 0.461. The summed E-state index contributed by atoms with van der Waals surface area (Å²) < 4.78 is 16.4. The summed E-state index contributed by atoms with van der Waals surface area (Å²) in [6.45, 7) is 7.25. The zero-order valence-electron chi connectivity index (χ0n) is 11.0. The van der Waals surface area contributed by atoms with Crippen molar-refractivity contribution < 1.29 is 19.4 Å². The van der Waals surface area contributed by atoms with Crippen LogP contribution in [0.4, 0.5) is 0 Å². The summed E-state index contributed by atoms with van der Waals surface area (Å²) in [7, 11) is 0. The molecule has 0 fully saturated rings. The number of nitrogens with zero attached hydrogens (tertiary/aromatic N) is 1. The molecule has 1 aromatic rings. The summed E-state index contributed by atoms with van der Waals surface area (Å²) in [5, 5.41) is 11.7. The maximum Gasteiger partial charge on any atom is 0.135 e. The molecule has 0 aromatic heterocycles. The van der Waals surface area contributed by atoms with Crippen molar-refractivity contribution in [2.75, 3.05) is 19.8 Å². The summed E-state index contributed by atoms with van der Waals surface area (Å²) in [4.78, 5) is 0.